The Morgan fingerprint density at radius 3 is 2.56 bits per heavy atom. The van der Waals surface area contributed by atoms with Crippen LogP contribution in [0.25, 0.3) is 0 Å². The highest BCUT2D eigenvalue weighted by Gasteiger charge is 2.28. The topological polar surface area (TPSA) is 55.1 Å². The fourth-order valence-electron chi connectivity index (χ4n) is 1.55. The van der Waals surface area contributed by atoms with Crippen LogP contribution in [0.4, 0.5) is 4.39 Å². The number of carbonyl (C=O) groups excluding carboxylic acids is 1. The number of benzene rings is 1. The minimum Gasteiger partial charge on any atom is -0.345 e. The molecule has 1 amide bonds. The molecule has 18 heavy (non-hydrogen) atoms. The number of amides is 1. The Hall–Kier alpha value is -1.42. The van der Waals surface area contributed by atoms with Gasteiger partial charge in [-0.3, -0.25) is 4.79 Å². The molecule has 0 radical (unpaired) electrons. The third-order valence-corrected chi connectivity index (χ3v) is 3.52. The molecule has 0 saturated carbocycles. The third-order valence-electron chi connectivity index (χ3n) is 3.52. The molecule has 0 aromatic heterocycles. The van der Waals surface area contributed by atoms with Crippen LogP contribution in [0.5, 0.6) is 0 Å². The maximum absolute atomic E-state index is 13.1. The first-order valence-electron chi connectivity index (χ1n) is 6.09. The fourth-order valence-corrected chi connectivity index (χ4v) is 1.55. The van der Waals surface area contributed by atoms with Crippen LogP contribution in [-0.2, 0) is 0 Å². The maximum Gasteiger partial charge on any atom is 0.251 e. The van der Waals surface area contributed by atoms with E-state index in [1.807, 2.05) is 20.8 Å². The van der Waals surface area contributed by atoms with Crippen molar-refractivity contribution in [1.82, 2.24) is 5.32 Å². The number of halogens is 1. The molecule has 3 N–H and O–H groups in total. The van der Waals surface area contributed by atoms with Gasteiger partial charge in [-0.2, -0.15) is 0 Å². The lowest BCUT2D eigenvalue weighted by Gasteiger charge is -2.33. The summed E-state index contributed by atoms with van der Waals surface area (Å²) in [6.07, 6.45) is 0. The second kappa shape index (κ2) is 5.48. The van der Waals surface area contributed by atoms with E-state index in [1.165, 1.54) is 12.1 Å². The molecule has 0 fully saturated rings. The maximum atomic E-state index is 13.1. The highest BCUT2D eigenvalue weighted by Crippen LogP contribution is 2.16. The average Bonchev–Trinajstić information content (AvgIpc) is 2.32. The summed E-state index contributed by atoms with van der Waals surface area (Å²) in [6, 6.07) is 4.33. The van der Waals surface area contributed by atoms with Gasteiger partial charge in [0, 0.05) is 12.1 Å². The van der Waals surface area contributed by atoms with Crippen LogP contribution in [0, 0.1) is 18.7 Å². The van der Waals surface area contributed by atoms with Gasteiger partial charge in [-0.15, -0.1) is 0 Å². The SMILES string of the molecule is Cc1cc(C(=O)NC(C)(CN)C(C)C)ccc1F. The Kier molecular flexibility index (Phi) is 4.46. The van der Waals surface area contributed by atoms with E-state index in [9.17, 15) is 9.18 Å². The summed E-state index contributed by atoms with van der Waals surface area (Å²) >= 11 is 0. The zero-order valence-electron chi connectivity index (χ0n) is 11.4. The highest BCUT2D eigenvalue weighted by atomic mass is 19.1. The van der Waals surface area contributed by atoms with Crippen LogP contribution in [-0.4, -0.2) is 18.0 Å². The Bertz CT molecular complexity index is 445. The summed E-state index contributed by atoms with van der Waals surface area (Å²) in [5.74, 6) is -0.315. The van der Waals surface area contributed by atoms with Crippen LogP contribution in [0.1, 0.15) is 36.7 Å². The highest BCUT2D eigenvalue weighted by molar-refractivity contribution is 5.94. The van der Waals surface area contributed by atoms with Gasteiger partial charge in [0.1, 0.15) is 5.82 Å². The second-order valence-electron chi connectivity index (χ2n) is 5.19. The molecule has 1 atom stereocenters. The summed E-state index contributed by atoms with van der Waals surface area (Å²) < 4.78 is 13.1. The lowest BCUT2D eigenvalue weighted by Crippen LogP contribution is -2.55. The van der Waals surface area contributed by atoms with Crippen molar-refractivity contribution >= 4 is 5.91 Å². The number of nitrogens with one attached hydrogen (secondary N) is 1. The second-order valence-corrected chi connectivity index (χ2v) is 5.19. The van der Waals surface area contributed by atoms with Crippen molar-refractivity contribution in [3.05, 3.63) is 35.1 Å². The molecule has 1 aromatic rings. The Labute approximate surface area is 108 Å². The van der Waals surface area contributed by atoms with Crippen LogP contribution in [0.15, 0.2) is 18.2 Å². The van der Waals surface area contributed by atoms with Gasteiger partial charge in [-0.05, 0) is 43.5 Å². The van der Waals surface area contributed by atoms with E-state index in [-0.39, 0.29) is 17.6 Å². The largest absolute Gasteiger partial charge is 0.345 e. The number of aryl methyl sites for hydroxylation is 1. The summed E-state index contributed by atoms with van der Waals surface area (Å²) in [4.78, 5) is 12.1. The molecule has 0 aliphatic rings. The molecule has 0 aliphatic heterocycles. The van der Waals surface area contributed by atoms with Crippen LogP contribution < -0.4 is 11.1 Å². The summed E-state index contributed by atoms with van der Waals surface area (Å²) in [5, 5.41) is 2.92. The van der Waals surface area contributed by atoms with E-state index >= 15 is 0 Å². The molecule has 3 nitrogen and oxygen atoms in total. The van der Waals surface area contributed by atoms with E-state index < -0.39 is 5.54 Å². The van der Waals surface area contributed by atoms with Crippen LogP contribution in [0.2, 0.25) is 0 Å². The molecule has 0 heterocycles. The van der Waals surface area contributed by atoms with E-state index in [0.29, 0.717) is 17.7 Å². The first-order chi connectivity index (χ1) is 8.30. The molecule has 1 unspecified atom stereocenters. The Morgan fingerprint density at radius 2 is 2.11 bits per heavy atom. The van der Waals surface area contributed by atoms with Crippen LogP contribution in [0.3, 0.4) is 0 Å². The minimum atomic E-state index is -0.459. The van der Waals surface area contributed by atoms with Crippen molar-refractivity contribution in [2.75, 3.05) is 6.54 Å². The quantitative estimate of drug-likeness (QED) is 0.863. The Morgan fingerprint density at radius 1 is 1.50 bits per heavy atom. The van der Waals surface area contributed by atoms with Gasteiger partial charge in [-0.1, -0.05) is 13.8 Å². The van der Waals surface area contributed by atoms with Gasteiger partial charge in [0.25, 0.3) is 5.91 Å². The molecular weight excluding hydrogens is 231 g/mol. The van der Waals surface area contributed by atoms with Gasteiger partial charge in [0.15, 0.2) is 0 Å². The van der Waals surface area contributed by atoms with Gasteiger partial charge in [0.05, 0.1) is 5.54 Å². The molecular formula is C14H21FN2O. The van der Waals surface area contributed by atoms with Gasteiger partial charge in [-0.25, -0.2) is 4.39 Å². The van der Waals surface area contributed by atoms with Crippen molar-refractivity contribution in [1.29, 1.82) is 0 Å². The fraction of sp³-hybridized carbons (Fsp3) is 0.500. The molecule has 1 rings (SSSR count). The summed E-state index contributed by atoms with van der Waals surface area (Å²) in [5.41, 5.74) is 6.17. The molecule has 0 saturated heterocycles. The minimum absolute atomic E-state index is 0.216. The van der Waals surface area contributed by atoms with Crippen molar-refractivity contribution < 1.29 is 9.18 Å². The van der Waals surface area contributed by atoms with E-state index in [1.54, 1.807) is 13.0 Å². The smallest absolute Gasteiger partial charge is 0.251 e. The van der Waals surface area contributed by atoms with Crippen molar-refractivity contribution in [2.45, 2.75) is 33.2 Å². The van der Waals surface area contributed by atoms with Crippen molar-refractivity contribution in [2.24, 2.45) is 11.7 Å². The van der Waals surface area contributed by atoms with Crippen molar-refractivity contribution in [3.8, 4) is 0 Å². The van der Waals surface area contributed by atoms with Gasteiger partial charge in [0.2, 0.25) is 0 Å². The lowest BCUT2D eigenvalue weighted by molar-refractivity contribution is 0.0883. The molecule has 0 spiro atoms. The average molecular weight is 252 g/mol. The van der Waals surface area contributed by atoms with Crippen LogP contribution >= 0.6 is 0 Å². The normalized spacial score (nSPS) is 14.4. The Balaban J connectivity index is 2.91. The zero-order valence-corrected chi connectivity index (χ0v) is 11.4. The molecule has 1 aromatic carbocycles. The zero-order chi connectivity index (χ0) is 13.9. The number of rotatable bonds is 4. The summed E-state index contributed by atoms with van der Waals surface area (Å²) in [7, 11) is 0. The molecule has 100 valence electrons. The van der Waals surface area contributed by atoms with Gasteiger partial charge >= 0.3 is 0 Å². The standard InChI is InChI=1S/C14H21FN2O/c1-9(2)14(4,8-16)17-13(18)11-5-6-12(15)10(3)7-11/h5-7,9H,8,16H2,1-4H3,(H,17,18). The number of hydrogen-bond donors (Lipinski definition) is 2. The summed E-state index contributed by atoms with van der Waals surface area (Å²) in [6.45, 7) is 7.91. The monoisotopic (exact) mass is 252 g/mol. The van der Waals surface area contributed by atoms with E-state index in [0.717, 1.165) is 0 Å². The molecule has 0 bridgehead atoms. The number of carbonyl (C=O) groups is 1. The third kappa shape index (κ3) is 3.07. The molecule has 4 heteroatoms. The predicted molar refractivity (Wildman–Crippen MR) is 70.9 cm³/mol. The van der Waals surface area contributed by atoms with E-state index in [4.69, 9.17) is 5.73 Å². The lowest BCUT2D eigenvalue weighted by atomic mass is 9.88. The van der Waals surface area contributed by atoms with Gasteiger partial charge < -0.3 is 11.1 Å². The predicted octanol–water partition coefficient (Wildman–Crippen LogP) is 2.24. The molecule has 0 aliphatic carbocycles. The first-order valence-corrected chi connectivity index (χ1v) is 6.09. The number of nitrogens with two attached hydrogens (primary N) is 1. The first kappa shape index (κ1) is 14.6. The van der Waals surface area contributed by atoms with Crippen molar-refractivity contribution in [3.63, 3.8) is 0 Å². The van der Waals surface area contributed by atoms with E-state index in [2.05, 4.69) is 5.32 Å². The number of hydrogen-bond acceptors (Lipinski definition) is 2.